The third-order valence-corrected chi connectivity index (χ3v) is 2.31. The molecule has 2 saturated heterocycles. The zero-order valence-electron chi connectivity index (χ0n) is 7.82. The molecule has 5 heteroatoms. The van der Waals surface area contributed by atoms with Gasteiger partial charge in [0.1, 0.15) is 0 Å². The van der Waals surface area contributed by atoms with E-state index in [0.29, 0.717) is 12.1 Å². The first-order valence-corrected chi connectivity index (χ1v) is 4.20. The molecule has 2 atom stereocenters. The summed E-state index contributed by atoms with van der Waals surface area (Å²) < 4.78 is 5.33. The standard InChI is InChI=1S/C8H14NO2.2Pr/c1-2-8-5-7-6-10-4-3-9(7)11-8;;/h7-8H,1-6H2;;/q-1;;. The molecular weight excluding hydrogens is 424 g/mol. The quantitative estimate of drug-likeness (QED) is 0.561. The minimum Gasteiger partial charge on any atom is -0.378 e. The van der Waals surface area contributed by atoms with Gasteiger partial charge in [0, 0.05) is 89.1 Å². The third-order valence-electron chi connectivity index (χ3n) is 2.31. The van der Waals surface area contributed by atoms with Crippen molar-refractivity contribution >= 4 is 0 Å². The number of rotatable bonds is 1. The minimum atomic E-state index is 0. The van der Waals surface area contributed by atoms with E-state index in [9.17, 15) is 0 Å². The Morgan fingerprint density at radius 1 is 1.38 bits per heavy atom. The van der Waals surface area contributed by atoms with E-state index in [1.165, 1.54) is 0 Å². The van der Waals surface area contributed by atoms with E-state index in [1.54, 1.807) is 0 Å². The Morgan fingerprint density at radius 3 is 2.77 bits per heavy atom. The Balaban J connectivity index is 0.000000720. The zero-order valence-corrected chi connectivity index (χ0v) is 15.2. The van der Waals surface area contributed by atoms with Gasteiger partial charge >= 0.3 is 0 Å². The third kappa shape index (κ3) is 4.17. The van der Waals surface area contributed by atoms with E-state index in [4.69, 9.17) is 9.57 Å². The second kappa shape index (κ2) is 7.81. The number of nitrogens with zero attached hydrogens (tertiary/aromatic N) is 1. The summed E-state index contributed by atoms with van der Waals surface area (Å²) in [7, 11) is 0. The van der Waals surface area contributed by atoms with Crippen LogP contribution >= 0.6 is 0 Å². The van der Waals surface area contributed by atoms with E-state index in [0.717, 1.165) is 32.6 Å². The number of morpholine rings is 1. The topological polar surface area (TPSA) is 21.7 Å². The number of hydrogen-bond donors (Lipinski definition) is 0. The summed E-state index contributed by atoms with van der Waals surface area (Å²) in [6, 6.07) is 0.496. The van der Waals surface area contributed by atoms with Crippen LogP contribution in [0.2, 0.25) is 0 Å². The van der Waals surface area contributed by atoms with Gasteiger partial charge in [-0.3, -0.25) is 4.84 Å². The molecule has 0 aromatic rings. The first-order valence-electron chi connectivity index (χ1n) is 4.20. The van der Waals surface area contributed by atoms with Crippen LogP contribution in [0.5, 0.6) is 0 Å². The normalized spacial score (nSPS) is 33.0. The molecule has 3 nitrogen and oxygen atoms in total. The first kappa shape index (κ1) is 15.6. The number of hydrogen-bond acceptors (Lipinski definition) is 3. The summed E-state index contributed by atoms with van der Waals surface area (Å²) in [5.74, 6) is 0. The maximum absolute atomic E-state index is 5.61. The fourth-order valence-corrected chi connectivity index (χ4v) is 1.67. The van der Waals surface area contributed by atoms with Gasteiger partial charge in [-0.15, -0.1) is 0 Å². The molecule has 0 spiro atoms. The molecule has 2 heterocycles. The van der Waals surface area contributed by atoms with E-state index in [-0.39, 0.29) is 82.6 Å². The van der Waals surface area contributed by atoms with Crippen LogP contribution in [-0.4, -0.2) is 37.0 Å². The molecule has 2 rings (SSSR count). The van der Waals surface area contributed by atoms with Gasteiger partial charge in [-0.25, -0.2) is 0 Å². The Morgan fingerprint density at radius 2 is 2.15 bits per heavy atom. The average Bonchev–Trinajstić information content (AvgIpc) is 2.46. The Kier molecular flexibility index (Phi) is 9.38. The van der Waals surface area contributed by atoms with Crippen LogP contribution in [0.15, 0.2) is 0 Å². The van der Waals surface area contributed by atoms with Gasteiger partial charge in [0.2, 0.25) is 0 Å². The van der Waals surface area contributed by atoms with Gasteiger partial charge in [-0.2, -0.15) is 11.5 Å². The van der Waals surface area contributed by atoms with Crippen LogP contribution in [0.1, 0.15) is 12.8 Å². The monoisotopic (exact) mass is 438 g/mol. The summed E-state index contributed by atoms with van der Waals surface area (Å²) in [6.45, 7) is 6.39. The fraction of sp³-hybridized carbons (Fsp3) is 0.875. The van der Waals surface area contributed by atoms with Crippen LogP contribution in [0, 0.1) is 89.5 Å². The number of hydroxylamine groups is 2. The molecule has 2 fully saturated rings. The predicted molar refractivity (Wildman–Crippen MR) is 40.8 cm³/mol. The summed E-state index contributed by atoms with van der Waals surface area (Å²) >= 11 is 0. The molecule has 0 saturated carbocycles. The summed E-state index contributed by atoms with van der Waals surface area (Å²) in [4.78, 5) is 5.61. The van der Waals surface area contributed by atoms with Gasteiger partial charge in [0.05, 0.1) is 25.4 Å². The molecule has 2 aliphatic heterocycles. The zero-order chi connectivity index (χ0) is 7.68. The SMILES string of the molecule is [CH2-]CC1CC2COCCN2O1.[Pr].[Pr]. The van der Waals surface area contributed by atoms with Crippen LogP contribution in [0.3, 0.4) is 0 Å². The molecule has 2 radical (unpaired) electrons. The van der Waals surface area contributed by atoms with E-state index in [2.05, 4.69) is 12.0 Å². The van der Waals surface area contributed by atoms with E-state index < -0.39 is 0 Å². The van der Waals surface area contributed by atoms with Crippen LogP contribution in [-0.2, 0) is 9.57 Å². The Bertz CT molecular complexity index is 134. The van der Waals surface area contributed by atoms with Gasteiger partial charge in [0.25, 0.3) is 0 Å². The Hall–Kier alpha value is 2.61. The predicted octanol–water partition coefficient (Wildman–Crippen LogP) is 0.615. The molecule has 0 aromatic carbocycles. The van der Waals surface area contributed by atoms with Crippen molar-refractivity contribution in [3.05, 3.63) is 6.92 Å². The molecule has 0 aromatic heterocycles. The van der Waals surface area contributed by atoms with Crippen molar-refractivity contribution in [3.8, 4) is 0 Å². The van der Waals surface area contributed by atoms with Crippen molar-refractivity contribution in [2.45, 2.75) is 25.0 Å². The summed E-state index contributed by atoms with van der Waals surface area (Å²) in [5, 5.41) is 2.05. The number of ether oxygens (including phenoxy) is 1. The molecule has 13 heavy (non-hydrogen) atoms. The molecule has 2 unspecified atom stereocenters. The van der Waals surface area contributed by atoms with Gasteiger partial charge in [0.15, 0.2) is 0 Å². The summed E-state index contributed by atoms with van der Waals surface area (Å²) in [5.41, 5.74) is 0. The van der Waals surface area contributed by atoms with Crippen molar-refractivity contribution in [3.63, 3.8) is 0 Å². The molecular formula is C8H14NO2Pr2-. The first-order chi connectivity index (χ1) is 5.40. The van der Waals surface area contributed by atoms with Crippen molar-refractivity contribution in [1.82, 2.24) is 5.06 Å². The van der Waals surface area contributed by atoms with Gasteiger partial charge in [-0.05, 0) is 6.42 Å². The van der Waals surface area contributed by atoms with Crippen LogP contribution < -0.4 is 0 Å². The largest absolute Gasteiger partial charge is 0.378 e. The van der Waals surface area contributed by atoms with Crippen molar-refractivity contribution in [2.75, 3.05) is 19.8 Å². The smallest absolute Gasteiger partial charge is 0.0646 e. The van der Waals surface area contributed by atoms with Crippen LogP contribution in [0.25, 0.3) is 0 Å². The second-order valence-electron chi connectivity index (χ2n) is 3.12. The molecule has 0 aliphatic carbocycles. The molecule has 0 bridgehead atoms. The molecule has 0 amide bonds. The van der Waals surface area contributed by atoms with E-state index >= 15 is 0 Å². The molecule has 0 N–H and O–H groups in total. The number of fused-ring (bicyclic) bond motifs is 1. The van der Waals surface area contributed by atoms with Crippen LogP contribution in [0.4, 0.5) is 0 Å². The average molecular weight is 438 g/mol. The Labute approximate surface area is 146 Å². The summed E-state index contributed by atoms with van der Waals surface area (Å²) in [6.07, 6.45) is 2.29. The molecule has 70 valence electrons. The van der Waals surface area contributed by atoms with Gasteiger partial charge in [-0.1, -0.05) is 0 Å². The maximum Gasteiger partial charge on any atom is 0.0646 e. The second-order valence-corrected chi connectivity index (χ2v) is 3.12. The van der Waals surface area contributed by atoms with E-state index in [1.807, 2.05) is 0 Å². The fourth-order valence-electron chi connectivity index (χ4n) is 1.67. The van der Waals surface area contributed by atoms with Crippen molar-refractivity contribution < 1.29 is 92.2 Å². The van der Waals surface area contributed by atoms with Gasteiger partial charge < -0.3 is 11.7 Å². The van der Waals surface area contributed by atoms with Crippen molar-refractivity contribution in [2.24, 2.45) is 0 Å². The molecule has 2 aliphatic rings. The maximum atomic E-state index is 5.61. The van der Waals surface area contributed by atoms with Crippen molar-refractivity contribution in [1.29, 1.82) is 0 Å². The minimum absolute atomic E-state index is 0.